The Morgan fingerprint density at radius 2 is 2.12 bits per heavy atom. The van der Waals surface area contributed by atoms with Gasteiger partial charge in [0.25, 0.3) is 5.91 Å². The highest BCUT2D eigenvalue weighted by Gasteiger charge is 2.22. The molecule has 1 amide bonds. The van der Waals surface area contributed by atoms with Gasteiger partial charge in [-0.1, -0.05) is 38.2 Å². The minimum Gasteiger partial charge on any atom is -0.454 e. The van der Waals surface area contributed by atoms with Crippen molar-refractivity contribution in [2.24, 2.45) is 5.92 Å². The lowest BCUT2D eigenvalue weighted by molar-refractivity contribution is 0.102. The van der Waals surface area contributed by atoms with Crippen LogP contribution in [0.2, 0.25) is 0 Å². The molecule has 24 heavy (non-hydrogen) atoms. The van der Waals surface area contributed by atoms with Crippen LogP contribution in [0.3, 0.4) is 0 Å². The van der Waals surface area contributed by atoms with Gasteiger partial charge in [-0.25, -0.2) is 0 Å². The van der Waals surface area contributed by atoms with E-state index in [1.807, 2.05) is 6.07 Å². The van der Waals surface area contributed by atoms with Gasteiger partial charge < -0.3 is 14.8 Å². The van der Waals surface area contributed by atoms with Crippen molar-refractivity contribution >= 4 is 11.7 Å². The molecular weight excluding hydrogens is 306 g/mol. The molecule has 0 radical (unpaired) electrons. The van der Waals surface area contributed by atoms with Crippen LogP contribution in [-0.2, 0) is 6.42 Å². The number of aromatic amines is 1. The van der Waals surface area contributed by atoms with E-state index in [1.54, 1.807) is 18.2 Å². The summed E-state index contributed by atoms with van der Waals surface area (Å²) in [7, 11) is 0. The predicted octanol–water partition coefficient (Wildman–Crippen LogP) is 3.51. The molecule has 1 aromatic heterocycles. The molecule has 1 aliphatic heterocycles. The number of nitrogens with zero attached hydrogens (tertiary/aromatic N) is 1. The van der Waals surface area contributed by atoms with Gasteiger partial charge in [-0.15, -0.1) is 0 Å². The van der Waals surface area contributed by atoms with E-state index < -0.39 is 0 Å². The van der Waals surface area contributed by atoms with Crippen LogP contribution in [0.4, 0.5) is 5.82 Å². The number of rotatable bonds is 4. The van der Waals surface area contributed by atoms with Gasteiger partial charge in [-0.2, -0.15) is 5.10 Å². The van der Waals surface area contributed by atoms with Crippen molar-refractivity contribution in [3.8, 4) is 11.5 Å². The van der Waals surface area contributed by atoms with E-state index in [4.69, 9.17) is 9.47 Å². The molecule has 0 spiro atoms. The lowest BCUT2D eigenvalue weighted by atomic mass is 9.86. The van der Waals surface area contributed by atoms with Gasteiger partial charge in [0.2, 0.25) is 6.79 Å². The number of carbonyl (C=O) groups is 1. The molecule has 1 fully saturated rings. The van der Waals surface area contributed by atoms with Gasteiger partial charge in [-0.3, -0.25) is 9.89 Å². The molecule has 0 saturated heterocycles. The van der Waals surface area contributed by atoms with Crippen molar-refractivity contribution in [2.45, 2.75) is 38.5 Å². The van der Waals surface area contributed by atoms with Crippen LogP contribution in [-0.4, -0.2) is 22.9 Å². The molecule has 2 heterocycles. The van der Waals surface area contributed by atoms with Gasteiger partial charge in [0.1, 0.15) is 0 Å². The summed E-state index contributed by atoms with van der Waals surface area (Å²) in [4.78, 5) is 12.5. The van der Waals surface area contributed by atoms with Crippen LogP contribution in [0, 0.1) is 5.92 Å². The third-order valence-electron chi connectivity index (χ3n) is 4.75. The molecule has 6 heteroatoms. The summed E-state index contributed by atoms with van der Waals surface area (Å²) in [5.74, 6) is 2.12. The van der Waals surface area contributed by atoms with Crippen LogP contribution >= 0.6 is 0 Å². The summed E-state index contributed by atoms with van der Waals surface area (Å²) >= 11 is 0. The van der Waals surface area contributed by atoms with Crippen molar-refractivity contribution in [3.05, 3.63) is 35.5 Å². The van der Waals surface area contributed by atoms with Crippen LogP contribution in [0.1, 0.15) is 48.2 Å². The molecule has 1 aliphatic carbocycles. The van der Waals surface area contributed by atoms with Crippen molar-refractivity contribution in [1.29, 1.82) is 0 Å². The number of benzene rings is 1. The molecule has 0 unspecified atom stereocenters. The quantitative estimate of drug-likeness (QED) is 0.901. The number of H-pyrrole nitrogens is 1. The summed E-state index contributed by atoms with van der Waals surface area (Å²) in [5.41, 5.74) is 1.54. The highest BCUT2D eigenvalue weighted by atomic mass is 16.7. The molecule has 0 bridgehead atoms. The van der Waals surface area contributed by atoms with E-state index in [9.17, 15) is 4.79 Å². The lowest BCUT2D eigenvalue weighted by Gasteiger charge is -2.20. The molecule has 126 valence electrons. The third-order valence-corrected chi connectivity index (χ3v) is 4.75. The zero-order valence-corrected chi connectivity index (χ0v) is 13.5. The second kappa shape index (κ2) is 6.55. The first-order chi connectivity index (χ1) is 11.8. The van der Waals surface area contributed by atoms with Crippen LogP contribution < -0.4 is 14.8 Å². The number of aromatic nitrogens is 2. The largest absolute Gasteiger partial charge is 0.454 e. The fourth-order valence-electron chi connectivity index (χ4n) is 3.53. The minimum atomic E-state index is -0.243. The molecule has 1 aromatic carbocycles. The second-order valence-corrected chi connectivity index (χ2v) is 6.48. The Kier molecular flexibility index (Phi) is 4.11. The monoisotopic (exact) mass is 327 g/mol. The fraction of sp³-hybridized carbons (Fsp3) is 0.444. The Morgan fingerprint density at radius 3 is 3.00 bits per heavy atom. The van der Waals surface area contributed by atoms with Crippen molar-refractivity contribution < 1.29 is 14.3 Å². The van der Waals surface area contributed by atoms with Gasteiger partial charge in [-0.05, 0) is 24.5 Å². The number of fused-ring (bicyclic) bond motifs is 1. The molecule has 1 saturated carbocycles. The van der Waals surface area contributed by atoms with Gasteiger partial charge in [0.15, 0.2) is 17.3 Å². The van der Waals surface area contributed by atoms with Gasteiger partial charge in [0, 0.05) is 11.8 Å². The van der Waals surface area contributed by atoms with E-state index in [-0.39, 0.29) is 12.7 Å². The minimum absolute atomic E-state index is 0.146. The molecule has 0 atom stereocenters. The Hall–Kier alpha value is -2.50. The van der Waals surface area contributed by atoms with Crippen molar-refractivity contribution in [1.82, 2.24) is 10.2 Å². The molecule has 4 rings (SSSR count). The average molecular weight is 327 g/mol. The Morgan fingerprint density at radius 1 is 1.25 bits per heavy atom. The standard InChI is InChI=1S/C18H21N3O3/c22-18(14-7-4-8-15-17(14)24-11-23-15)19-16-10-13(20-21-16)9-12-5-2-1-3-6-12/h4,7-8,10,12H,1-3,5-6,9,11H2,(H2,19,20,21,22). The number of hydrogen-bond donors (Lipinski definition) is 2. The zero-order valence-electron chi connectivity index (χ0n) is 13.5. The number of hydrogen-bond acceptors (Lipinski definition) is 4. The summed E-state index contributed by atoms with van der Waals surface area (Å²) in [6.07, 6.45) is 7.57. The summed E-state index contributed by atoms with van der Waals surface area (Å²) in [5, 5.41) is 10.1. The Balaban J connectivity index is 1.42. The maximum absolute atomic E-state index is 12.5. The number of ether oxygens (including phenoxy) is 2. The van der Waals surface area contributed by atoms with Crippen LogP contribution in [0.5, 0.6) is 11.5 Å². The molecule has 6 nitrogen and oxygen atoms in total. The maximum Gasteiger partial charge on any atom is 0.260 e. The van der Waals surface area contributed by atoms with Crippen LogP contribution in [0.15, 0.2) is 24.3 Å². The summed E-state index contributed by atoms with van der Waals surface area (Å²) in [6, 6.07) is 7.21. The molecule has 2 N–H and O–H groups in total. The first kappa shape index (κ1) is 15.1. The zero-order chi connectivity index (χ0) is 16.4. The smallest absolute Gasteiger partial charge is 0.260 e. The van der Waals surface area contributed by atoms with Crippen LogP contribution in [0.25, 0.3) is 0 Å². The first-order valence-corrected chi connectivity index (χ1v) is 8.54. The normalized spacial score (nSPS) is 17.0. The third kappa shape index (κ3) is 3.09. The predicted molar refractivity (Wildman–Crippen MR) is 89.4 cm³/mol. The second-order valence-electron chi connectivity index (χ2n) is 6.48. The van der Waals surface area contributed by atoms with E-state index in [0.29, 0.717) is 22.9 Å². The van der Waals surface area contributed by atoms with E-state index >= 15 is 0 Å². The highest BCUT2D eigenvalue weighted by molar-refractivity contribution is 6.06. The first-order valence-electron chi connectivity index (χ1n) is 8.54. The number of anilines is 1. The lowest BCUT2D eigenvalue weighted by Crippen LogP contribution is -2.13. The maximum atomic E-state index is 12.5. The van der Waals surface area contributed by atoms with E-state index in [2.05, 4.69) is 15.5 Å². The highest BCUT2D eigenvalue weighted by Crippen LogP contribution is 2.35. The van der Waals surface area contributed by atoms with Gasteiger partial charge in [0.05, 0.1) is 5.56 Å². The number of nitrogens with one attached hydrogen (secondary N) is 2. The number of carbonyl (C=O) groups excluding carboxylic acids is 1. The molecule has 2 aliphatic rings. The molecular formula is C18H21N3O3. The Labute approximate surface area is 140 Å². The van der Waals surface area contributed by atoms with Crippen molar-refractivity contribution in [3.63, 3.8) is 0 Å². The topological polar surface area (TPSA) is 76.2 Å². The Bertz CT molecular complexity index is 735. The number of amides is 1. The molecule has 2 aromatic rings. The summed E-state index contributed by atoms with van der Waals surface area (Å²) in [6.45, 7) is 0.146. The van der Waals surface area contributed by atoms with Crippen molar-refractivity contribution in [2.75, 3.05) is 12.1 Å². The van der Waals surface area contributed by atoms with Gasteiger partial charge >= 0.3 is 0 Å². The summed E-state index contributed by atoms with van der Waals surface area (Å²) < 4.78 is 10.7. The van der Waals surface area contributed by atoms with E-state index in [0.717, 1.165) is 18.0 Å². The SMILES string of the molecule is O=C(Nc1cc(CC2CCCCC2)[nH]n1)c1cccc2c1OCO2. The fourth-order valence-corrected chi connectivity index (χ4v) is 3.53. The number of para-hydroxylation sites is 1. The van der Waals surface area contributed by atoms with E-state index in [1.165, 1.54) is 32.1 Å². The average Bonchev–Trinajstić information content (AvgIpc) is 3.24.